The molecule has 0 radical (unpaired) electrons. The summed E-state index contributed by atoms with van der Waals surface area (Å²) >= 11 is 0. The third-order valence-corrected chi connectivity index (χ3v) is 4.62. The summed E-state index contributed by atoms with van der Waals surface area (Å²) in [7, 11) is 0. The molecule has 1 aliphatic heterocycles. The first kappa shape index (κ1) is 15.7. The monoisotopic (exact) mass is 338 g/mol. The number of carbonyl (C=O) groups excluding carboxylic acids is 1. The first-order valence-corrected chi connectivity index (χ1v) is 8.17. The van der Waals surface area contributed by atoms with E-state index >= 15 is 0 Å². The number of fused-ring (bicyclic) bond motifs is 1. The van der Waals surface area contributed by atoms with Gasteiger partial charge >= 0.3 is 0 Å². The van der Waals surface area contributed by atoms with Crippen LogP contribution < -0.4 is 11.2 Å². The fourth-order valence-corrected chi connectivity index (χ4v) is 3.31. The highest BCUT2D eigenvalue weighted by atomic mass is 16.3. The minimum atomic E-state index is -0.330. The van der Waals surface area contributed by atoms with E-state index < -0.39 is 0 Å². The molecule has 3 heterocycles. The number of furan rings is 1. The lowest BCUT2D eigenvalue weighted by molar-refractivity contribution is 0.0757. The Labute approximate surface area is 143 Å². The molecular formula is C19H18N2O4. The van der Waals surface area contributed by atoms with Gasteiger partial charge in [0.1, 0.15) is 17.1 Å². The van der Waals surface area contributed by atoms with Gasteiger partial charge in [-0.15, -0.1) is 0 Å². The van der Waals surface area contributed by atoms with E-state index in [1.54, 1.807) is 29.2 Å². The number of para-hydroxylation sites is 1. The summed E-state index contributed by atoms with van der Waals surface area (Å²) in [5.41, 5.74) is 6.37. The third-order valence-electron chi connectivity index (χ3n) is 4.62. The summed E-state index contributed by atoms with van der Waals surface area (Å²) in [6.07, 6.45) is 0. The summed E-state index contributed by atoms with van der Waals surface area (Å²) in [4.78, 5) is 26.6. The van der Waals surface area contributed by atoms with Crippen LogP contribution in [0.15, 0.2) is 56.1 Å². The fourth-order valence-electron chi connectivity index (χ4n) is 3.31. The van der Waals surface area contributed by atoms with E-state index in [-0.39, 0.29) is 29.1 Å². The number of nitrogens with zero attached hydrogens (tertiary/aromatic N) is 1. The molecule has 2 atom stereocenters. The van der Waals surface area contributed by atoms with Crippen LogP contribution in [0.2, 0.25) is 0 Å². The van der Waals surface area contributed by atoms with Gasteiger partial charge in [-0.05, 0) is 31.2 Å². The largest absolute Gasteiger partial charge is 0.466 e. The highest BCUT2D eigenvalue weighted by Crippen LogP contribution is 2.29. The maximum atomic E-state index is 12.8. The number of likely N-dealkylation sites (tertiary alicyclic amines) is 1. The van der Waals surface area contributed by atoms with Crippen molar-refractivity contribution in [3.8, 4) is 0 Å². The van der Waals surface area contributed by atoms with Gasteiger partial charge in [-0.3, -0.25) is 9.59 Å². The van der Waals surface area contributed by atoms with Crippen molar-refractivity contribution in [3.05, 3.63) is 70.0 Å². The Balaban J connectivity index is 1.62. The van der Waals surface area contributed by atoms with Crippen LogP contribution in [0.25, 0.3) is 11.0 Å². The molecule has 0 bridgehead atoms. The van der Waals surface area contributed by atoms with Crippen molar-refractivity contribution in [2.24, 2.45) is 5.73 Å². The molecule has 1 amide bonds. The highest BCUT2D eigenvalue weighted by Gasteiger charge is 2.36. The molecule has 0 unspecified atom stereocenters. The Hall–Kier alpha value is -2.86. The van der Waals surface area contributed by atoms with E-state index in [0.717, 1.165) is 11.5 Å². The number of nitrogens with two attached hydrogens (primary N) is 1. The molecule has 1 aromatic carbocycles. The number of aryl methyl sites for hydroxylation is 1. The molecule has 2 N–H and O–H groups in total. The van der Waals surface area contributed by atoms with Crippen molar-refractivity contribution in [1.82, 2.24) is 4.90 Å². The number of hydrogen-bond acceptors (Lipinski definition) is 5. The van der Waals surface area contributed by atoms with Gasteiger partial charge < -0.3 is 19.5 Å². The minimum absolute atomic E-state index is 0.0344. The average Bonchev–Trinajstić information content (AvgIpc) is 3.20. The van der Waals surface area contributed by atoms with Gasteiger partial charge in [-0.1, -0.05) is 12.1 Å². The Morgan fingerprint density at radius 2 is 1.96 bits per heavy atom. The van der Waals surface area contributed by atoms with Crippen molar-refractivity contribution in [3.63, 3.8) is 0 Å². The van der Waals surface area contributed by atoms with Crippen molar-refractivity contribution < 1.29 is 13.6 Å². The van der Waals surface area contributed by atoms with E-state index in [1.807, 2.05) is 19.1 Å². The van der Waals surface area contributed by atoms with Gasteiger partial charge in [-0.2, -0.15) is 0 Å². The zero-order valence-corrected chi connectivity index (χ0v) is 13.8. The molecule has 25 heavy (non-hydrogen) atoms. The van der Waals surface area contributed by atoms with Crippen molar-refractivity contribution >= 4 is 16.9 Å². The zero-order chi connectivity index (χ0) is 17.6. The Morgan fingerprint density at radius 3 is 2.72 bits per heavy atom. The second-order valence-corrected chi connectivity index (χ2v) is 6.40. The lowest BCUT2D eigenvalue weighted by Crippen LogP contribution is -2.32. The van der Waals surface area contributed by atoms with Crippen LogP contribution in [-0.4, -0.2) is 29.9 Å². The molecule has 1 aliphatic rings. The Bertz CT molecular complexity index is 1000. The summed E-state index contributed by atoms with van der Waals surface area (Å²) in [6, 6.07) is 11.7. The number of hydrogen-bond donors (Lipinski definition) is 1. The van der Waals surface area contributed by atoms with Gasteiger partial charge in [0, 0.05) is 25.2 Å². The van der Waals surface area contributed by atoms with E-state index in [2.05, 4.69) is 0 Å². The second-order valence-electron chi connectivity index (χ2n) is 6.40. The summed E-state index contributed by atoms with van der Waals surface area (Å²) in [5, 5.41) is 0.459. The molecule has 128 valence electrons. The van der Waals surface area contributed by atoms with Crippen LogP contribution in [-0.2, 0) is 0 Å². The molecule has 0 spiro atoms. The molecule has 1 saturated heterocycles. The van der Waals surface area contributed by atoms with Crippen LogP contribution in [0.5, 0.6) is 0 Å². The van der Waals surface area contributed by atoms with Gasteiger partial charge in [0.25, 0.3) is 5.91 Å². The molecule has 1 fully saturated rings. The van der Waals surface area contributed by atoms with E-state index in [1.165, 1.54) is 6.07 Å². The molecule has 0 aliphatic carbocycles. The second kappa shape index (κ2) is 5.89. The van der Waals surface area contributed by atoms with E-state index in [9.17, 15) is 9.59 Å². The predicted molar refractivity (Wildman–Crippen MR) is 92.5 cm³/mol. The minimum Gasteiger partial charge on any atom is -0.466 e. The van der Waals surface area contributed by atoms with Gasteiger partial charge in [0.15, 0.2) is 11.2 Å². The highest BCUT2D eigenvalue weighted by molar-refractivity contribution is 5.93. The SMILES string of the molecule is Cc1ccc([C@H]2CN(C(=O)c3cc(=O)c4ccccc4o3)C[C@@H]2N)o1. The quantitative estimate of drug-likeness (QED) is 0.774. The lowest BCUT2D eigenvalue weighted by Gasteiger charge is -2.15. The van der Waals surface area contributed by atoms with Gasteiger partial charge in [0.2, 0.25) is 0 Å². The first-order chi connectivity index (χ1) is 12.0. The molecule has 4 rings (SSSR count). The molecule has 6 heteroatoms. The molecule has 2 aromatic heterocycles. The smallest absolute Gasteiger partial charge is 0.289 e. The van der Waals surface area contributed by atoms with Crippen molar-refractivity contribution in [2.75, 3.05) is 13.1 Å². The fraction of sp³-hybridized carbons (Fsp3) is 0.263. The predicted octanol–water partition coefficient (Wildman–Crippen LogP) is 2.26. The van der Waals surface area contributed by atoms with E-state index in [0.29, 0.717) is 24.1 Å². The lowest BCUT2D eigenvalue weighted by atomic mass is 10.0. The topological polar surface area (TPSA) is 89.7 Å². The van der Waals surface area contributed by atoms with Gasteiger partial charge in [-0.25, -0.2) is 0 Å². The summed E-state index contributed by atoms with van der Waals surface area (Å²) < 4.78 is 11.3. The first-order valence-electron chi connectivity index (χ1n) is 8.17. The molecule has 6 nitrogen and oxygen atoms in total. The standard InChI is InChI=1S/C19H18N2O4/c1-11-6-7-17(24-11)13-9-21(10-14(13)20)19(23)18-8-15(22)12-4-2-3-5-16(12)25-18/h2-8,13-14H,9-10,20H2,1H3/t13-,14-/m0/s1. The summed E-state index contributed by atoms with van der Waals surface area (Å²) in [6.45, 7) is 2.69. The maximum absolute atomic E-state index is 12.8. The Morgan fingerprint density at radius 1 is 1.16 bits per heavy atom. The Kier molecular flexibility index (Phi) is 3.69. The maximum Gasteiger partial charge on any atom is 0.289 e. The number of benzene rings is 1. The normalized spacial score (nSPS) is 20.3. The van der Waals surface area contributed by atoms with Crippen LogP contribution in [0.3, 0.4) is 0 Å². The number of rotatable bonds is 2. The number of amides is 1. The van der Waals surface area contributed by atoms with Crippen molar-refractivity contribution in [2.45, 2.75) is 18.9 Å². The van der Waals surface area contributed by atoms with Crippen LogP contribution in [0, 0.1) is 6.92 Å². The van der Waals surface area contributed by atoms with Gasteiger partial charge in [0.05, 0.1) is 11.3 Å². The third kappa shape index (κ3) is 2.74. The molecule has 0 saturated carbocycles. The van der Waals surface area contributed by atoms with Crippen LogP contribution in [0.1, 0.15) is 28.0 Å². The average molecular weight is 338 g/mol. The molecular weight excluding hydrogens is 320 g/mol. The van der Waals surface area contributed by atoms with E-state index in [4.69, 9.17) is 14.6 Å². The van der Waals surface area contributed by atoms with Crippen LogP contribution in [0.4, 0.5) is 0 Å². The van der Waals surface area contributed by atoms with Crippen molar-refractivity contribution in [1.29, 1.82) is 0 Å². The molecule has 3 aromatic rings. The summed E-state index contributed by atoms with van der Waals surface area (Å²) in [5.74, 6) is 1.23. The zero-order valence-electron chi connectivity index (χ0n) is 13.8. The van der Waals surface area contributed by atoms with Crippen LogP contribution >= 0.6 is 0 Å². The number of carbonyl (C=O) groups is 1.